The van der Waals surface area contributed by atoms with E-state index in [9.17, 15) is 4.79 Å². The summed E-state index contributed by atoms with van der Waals surface area (Å²) in [5.41, 5.74) is 0.268. The second-order valence-electron chi connectivity index (χ2n) is 3.95. The van der Waals surface area contributed by atoms with Gasteiger partial charge in [0.05, 0.1) is 5.54 Å². The van der Waals surface area contributed by atoms with E-state index in [4.69, 9.17) is 23.2 Å². The van der Waals surface area contributed by atoms with Gasteiger partial charge in [0.15, 0.2) is 0 Å². The second kappa shape index (κ2) is 4.93. The third-order valence-corrected chi connectivity index (χ3v) is 2.81. The van der Waals surface area contributed by atoms with Gasteiger partial charge in [-0.25, -0.2) is 4.79 Å². The summed E-state index contributed by atoms with van der Waals surface area (Å²) in [5, 5.41) is 6.42. The van der Waals surface area contributed by atoms with Gasteiger partial charge in [0.2, 0.25) is 0 Å². The van der Waals surface area contributed by atoms with Crippen molar-refractivity contribution in [3.8, 4) is 0 Å². The quantitative estimate of drug-likeness (QED) is 0.843. The normalized spacial score (nSPS) is 11.1. The molecular formula is C11H14Cl2N2O. The highest BCUT2D eigenvalue weighted by Crippen LogP contribution is 2.29. The van der Waals surface area contributed by atoms with Crippen molar-refractivity contribution >= 4 is 29.2 Å². The molecule has 1 aromatic carbocycles. The first kappa shape index (κ1) is 13.1. The van der Waals surface area contributed by atoms with Gasteiger partial charge < -0.3 is 10.6 Å². The predicted molar refractivity (Wildman–Crippen MR) is 67.1 cm³/mol. The molecule has 88 valence electrons. The van der Waals surface area contributed by atoms with Crippen LogP contribution in [0.2, 0.25) is 10.0 Å². The van der Waals surface area contributed by atoms with Crippen LogP contribution in [0.4, 0.5) is 4.79 Å². The Morgan fingerprint density at radius 3 is 2.44 bits per heavy atom. The summed E-state index contributed by atoms with van der Waals surface area (Å²) < 4.78 is 0. The Labute approximate surface area is 105 Å². The number of nitrogens with one attached hydrogen (secondary N) is 2. The highest BCUT2D eigenvalue weighted by molar-refractivity contribution is 6.35. The number of urea groups is 1. The van der Waals surface area contributed by atoms with Gasteiger partial charge >= 0.3 is 6.03 Å². The van der Waals surface area contributed by atoms with Crippen molar-refractivity contribution in [2.24, 2.45) is 0 Å². The van der Waals surface area contributed by atoms with Gasteiger partial charge in [-0.3, -0.25) is 0 Å². The van der Waals surface area contributed by atoms with Crippen molar-refractivity contribution in [1.82, 2.24) is 10.6 Å². The Balaban J connectivity index is 3.02. The van der Waals surface area contributed by atoms with Gasteiger partial charge in [-0.1, -0.05) is 29.3 Å². The molecule has 0 atom stereocenters. The first-order chi connectivity index (χ1) is 7.36. The minimum atomic E-state index is -0.554. The van der Waals surface area contributed by atoms with Crippen LogP contribution < -0.4 is 10.6 Å². The topological polar surface area (TPSA) is 41.1 Å². The number of halogens is 2. The van der Waals surface area contributed by atoms with Crippen LogP contribution in [0.1, 0.15) is 19.4 Å². The summed E-state index contributed by atoms with van der Waals surface area (Å²) in [5.74, 6) is 0. The summed E-state index contributed by atoms with van der Waals surface area (Å²) >= 11 is 11.9. The van der Waals surface area contributed by atoms with E-state index in [1.54, 1.807) is 25.2 Å². The van der Waals surface area contributed by atoms with E-state index in [2.05, 4.69) is 10.6 Å². The van der Waals surface area contributed by atoms with Crippen molar-refractivity contribution in [1.29, 1.82) is 0 Å². The molecule has 2 N–H and O–H groups in total. The number of rotatable bonds is 2. The average molecular weight is 261 g/mol. The molecule has 0 spiro atoms. The van der Waals surface area contributed by atoms with E-state index in [1.807, 2.05) is 13.8 Å². The monoisotopic (exact) mass is 260 g/mol. The maximum atomic E-state index is 11.3. The molecule has 1 rings (SSSR count). The highest BCUT2D eigenvalue weighted by Gasteiger charge is 2.24. The predicted octanol–water partition coefficient (Wildman–Crippen LogP) is 3.16. The Kier molecular flexibility index (Phi) is 4.05. The molecule has 0 fully saturated rings. The van der Waals surface area contributed by atoms with Crippen molar-refractivity contribution in [2.75, 3.05) is 7.05 Å². The fourth-order valence-corrected chi connectivity index (χ4v) is 2.05. The smallest absolute Gasteiger partial charge is 0.315 e. The fraction of sp³-hybridized carbons (Fsp3) is 0.364. The van der Waals surface area contributed by atoms with Gasteiger partial charge in [0, 0.05) is 17.1 Å². The first-order valence-corrected chi connectivity index (χ1v) is 5.58. The molecule has 2 amide bonds. The third kappa shape index (κ3) is 3.03. The Morgan fingerprint density at radius 2 is 1.94 bits per heavy atom. The zero-order chi connectivity index (χ0) is 12.3. The largest absolute Gasteiger partial charge is 0.341 e. The molecule has 0 bridgehead atoms. The number of hydrogen-bond acceptors (Lipinski definition) is 1. The van der Waals surface area contributed by atoms with E-state index in [0.29, 0.717) is 10.0 Å². The molecule has 0 saturated heterocycles. The fourth-order valence-electron chi connectivity index (χ4n) is 1.41. The number of benzene rings is 1. The van der Waals surface area contributed by atoms with E-state index < -0.39 is 5.54 Å². The minimum absolute atomic E-state index is 0.254. The molecule has 0 unspecified atom stereocenters. The van der Waals surface area contributed by atoms with Crippen LogP contribution in [0.3, 0.4) is 0 Å². The Bertz CT molecular complexity index is 405. The van der Waals surface area contributed by atoms with Gasteiger partial charge in [-0.2, -0.15) is 0 Å². The van der Waals surface area contributed by atoms with Crippen LogP contribution in [0.5, 0.6) is 0 Å². The maximum Gasteiger partial charge on any atom is 0.315 e. The molecule has 0 aliphatic heterocycles. The lowest BCUT2D eigenvalue weighted by atomic mass is 9.94. The van der Waals surface area contributed by atoms with Crippen molar-refractivity contribution in [3.05, 3.63) is 33.8 Å². The van der Waals surface area contributed by atoms with Crippen LogP contribution in [0, 0.1) is 0 Å². The molecule has 0 radical (unpaired) electrons. The van der Waals surface area contributed by atoms with E-state index in [-0.39, 0.29) is 6.03 Å². The van der Waals surface area contributed by atoms with Crippen LogP contribution in [-0.4, -0.2) is 13.1 Å². The highest BCUT2D eigenvalue weighted by atomic mass is 35.5. The molecule has 0 aromatic heterocycles. The first-order valence-electron chi connectivity index (χ1n) is 4.82. The number of carbonyl (C=O) groups excluding carboxylic acids is 1. The SMILES string of the molecule is CNC(=O)NC(C)(C)c1ccc(Cl)cc1Cl. The number of amides is 2. The van der Waals surface area contributed by atoms with Gasteiger partial charge in [0.1, 0.15) is 0 Å². The molecular weight excluding hydrogens is 247 g/mol. The van der Waals surface area contributed by atoms with Crippen LogP contribution in [-0.2, 0) is 5.54 Å². The molecule has 0 aliphatic carbocycles. The Hall–Kier alpha value is -0.930. The summed E-state index contributed by atoms with van der Waals surface area (Å²) in [6.45, 7) is 3.74. The lowest BCUT2D eigenvalue weighted by Crippen LogP contribution is -2.45. The van der Waals surface area contributed by atoms with Crippen molar-refractivity contribution in [3.63, 3.8) is 0 Å². The average Bonchev–Trinajstić information content (AvgIpc) is 2.16. The van der Waals surface area contributed by atoms with Gasteiger partial charge in [-0.15, -0.1) is 0 Å². The van der Waals surface area contributed by atoms with E-state index in [1.165, 1.54) is 0 Å². The maximum absolute atomic E-state index is 11.3. The summed E-state index contributed by atoms with van der Waals surface area (Å²) in [4.78, 5) is 11.3. The molecule has 1 aromatic rings. The van der Waals surface area contributed by atoms with Gasteiger partial charge in [-0.05, 0) is 31.5 Å². The van der Waals surface area contributed by atoms with E-state index in [0.717, 1.165) is 5.56 Å². The molecule has 5 heteroatoms. The molecule has 0 aliphatic rings. The van der Waals surface area contributed by atoms with Gasteiger partial charge in [0.25, 0.3) is 0 Å². The van der Waals surface area contributed by atoms with Crippen LogP contribution in [0.25, 0.3) is 0 Å². The second-order valence-corrected chi connectivity index (χ2v) is 4.80. The number of hydrogen-bond donors (Lipinski definition) is 2. The van der Waals surface area contributed by atoms with Crippen LogP contribution >= 0.6 is 23.2 Å². The Morgan fingerprint density at radius 1 is 1.31 bits per heavy atom. The van der Waals surface area contributed by atoms with E-state index >= 15 is 0 Å². The van der Waals surface area contributed by atoms with Crippen molar-refractivity contribution < 1.29 is 4.79 Å². The standard InChI is InChI=1S/C11H14Cl2N2O/c1-11(2,15-10(16)14-3)8-5-4-7(12)6-9(8)13/h4-6H,1-3H3,(H2,14,15,16). The summed E-state index contributed by atoms with van der Waals surface area (Å²) in [7, 11) is 1.56. The number of carbonyl (C=O) groups is 1. The molecule has 3 nitrogen and oxygen atoms in total. The summed E-state index contributed by atoms with van der Waals surface area (Å²) in [6, 6.07) is 4.96. The third-order valence-electron chi connectivity index (χ3n) is 2.26. The van der Waals surface area contributed by atoms with Crippen molar-refractivity contribution in [2.45, 2.75) is 19.4 Å². The zero-order valence-corrected chi connectivity index (χ0v) is 10.9. The minimum Gasteiger partial charge on any atom is -0.341 e. The lowest BCUT2D eigenvalue weighted by Gasteiger charge is -2.27. The lowest BCUT2D eigenvalue weighted by molar-refractivity contribution is 0.232. The zero-order valence-electron chi connectivity index (χ0n) is 9.40. The molecule has 16 heavy (non-hydrogen) atoms. The van der Waals surface area contributed by atoms with Crippen LogP contribution in [0.15, 0.2) is 18.2 Å². The molecule has 0 heterocycles. The summed E-state index contributed by atoms with van der Waals surface area (Å²) in [6.07, 6.45) is 0. The molecule has 0 saturated carbocycles.